The number of rotatable bonds is 17. The number of unbranched alkanes of at least 4 members (excludes halogenated alkanes) is 10. The van der Waals surface area contributed by atoms with Crippen LogP contribution in [0.5, 0.6) is 0 Å². The first-order valence-electron chi connectivity index (χ1n) is 11.8. The van der Waals surface area contributed by atoms with E-state index >= 15 is 0 Å². The lowest BCUT2D eigenvalue weighted by Gasteiger charge is -2.19. The average Bonchev–Trinajstić information content (AvgIpc) is 2.64. The maximum absolute atomic E-state index is 10.5. The lowest BCUT2D eigenvalue weighted by atomic mass is 9.86. The molecule has 2 heteroatoms. The molecule has 0 fully saturated rings. The number of carboxylic acid groups (broad SMARTS) is 1. The van der Waals surface area contributed by atoms with Gasteiger partial charge in [-0.2, -0.15) is 0 Å². The number of aryl methyl sites for hydroxylation is 2. The van der Waals surface area contributed by atoms with Crippen molar-refractivity contribution in [3.63, 3.8) is 0 Å². The third-order valence-electron chi connectivity index (χ3n) is 5.95. The lowest BCUT2D eigenvalue weighted by molar-refractivity contribution is -0.137. The second-order valence-electron chi connectivity index (χ2n) is 8.67. The minimum Gasteiger partial charge on any atom is -0.481 e. The molecule has 1 unspecified atom stereocenters. The van der Waals surface area contributed by atoms with Crippen LogP contribution in [0.2, 0.25) is 0 Å². The van der Waals surface area contributed by atoms with Crippen molar-refractivity contribution in [1.82, 2.24) is 0 Å². The number of aliphatic carboxylic acids is 1. The van der Waals surface area contributed by atoms with Gasteiger partial charge in [0.25, 0.3) is 0 Å². The summed E-state index contributed by atoms with van der Waals surface area (Å²) in [5.41, 5.74) is 4.42. The summed E-state index contributed by atoms with van der Waals surface area (Å²) in [4.78, 5) is 10.5. The molecule has 0 radical (unpaired) electrons. The Bertz CT molecular complexity index is 535. The second kappa shape index (κ2) is 15.6. The molecular formula is C26H44O2. The fourth-order valence-electron chi connectivity index (χ4n) is 4.35. The second-order valence-corrected chi connectivity index (χ2v) is 8.67. The molecule has 0 aliphatic rings. The maximum atomic E-state index is 10.5. The van der Waals surface area contributed by atoms with Gasteiger partial charge in [0.05, 0.1) is 0 Å². The summed E-state index contributed by atoms with van der Waals surface area (Å²) in [6.45, 7) is 6.77. The predicted octanol–water partition coefficient (Wildman–Crippen LogP) is 8.34. The standard InChI is InChI=1S/C26H44O2/c1-4-16-24(25-20-19-22(2)21-23(25)3)17-14-12-10-8-6-5-7-9-11-13-15-18-26(27)28/h19-21,24H,4-18H2,1-3H3,(H,27,28). The zero-order valence-electron chi connectivity index (χ0n) is 18.8. The highest BCUT2D eigenvalue weighted by molar-refractivity contribution is 5.66. The average molecular weight is 389 g/mol. The highest BCUT2D eigenvalue weighted by Crippen LogP contribution is 2.30. The Balaban J connectivity index is 2.05. The summed E-state index contributed by atoms with van der Waals surface area (Å²) in [6.07, 6.45) is 18.2. The SMILES string of the molecule is CCCC(CCCCCCCCCCCCCC(=O)O)c1ccc(C)cc1C. The molecule has 1 rings (SSSR count). The van der Waals surface area contributed by atoms with Crippen molar-refractivity contribution >= 4 is 5.97 Å². The van der Waals surface area contributed by atoms with Gasteiger partial charge in [-0.1, -0.05) is 101 Å². The molecule has 1 aromatic rings. The largest absolute Gasteiger partial charge is 0.481 e. The smallest absolute Gasteiger partial charge is 0.303 e. The van der Waals surface area contributed by atoms with E-state index in [1.54, 1.807) is 5.56 Å². The Kier molecular flexibility index (Phi) is 13.8. The van der Waals surface area contributed by atoms with Gasteiger partial charge in [0.2, 0.25) is 0 Å². The van der Waals surface area contributed by atoms with Gasteiger partial charge in [-0.05, 0) is 50.2 Å². The summed E-state index contributed by atoms with van der Waals surface area (Å²) in [6, 6.07) is 6.98. The van der Waals surface area contributed by atoms with Crippen LogP contribution in [0.1, 0.15) is 126 Å². The van der Waals surface area contributed by atoms with Crippen LogP contribution in [0.3, 0.4) is 0 Å². The van der Waals surface area contributed by atoms with E-state index in [1.807, 2.05) is 0 Å². The quantitative estimate of drug-likeness (QED) is 0.272. The van der Waals surface area contributed by atoms with Crippen LogP contribution in [-0.4, -0.2) is 11.1 Å². The molecule has 0 spiro atoms. The van der Waals surface area contributed by atoms with E-state index in [1.165, 1.54) is 88.2 Å². The lowest BCUT2D eigenvalue weighted by Crippen LogP contribution is -2.02. The molecule has 0 aliphatic heterocycles. The Morgan fingerprint density at radius 3 is 1.86 bits per heavy atom. The van der Waals surface area contributed by atoms with Crippen molar-refractivity contribution in [2.75, 3.05) is 0 Å². The third-order valence-corrected chi connectivity index (χ3v) is 5.95. The molecule has 1 N–H and O–H groups in total. The third kappa shape index (κ3) is 11.5. The van der Waals surface area contributed by atoms with Crippen molar-refractivity contribution in [3.05, 3.63) is 34.9 Å². The highest BCUT2D eigenvalue weighted by atomic mass is 16.4. The number of carboxylic acids is 1. The fraction of sp³-hybridized carbons (Fsp3) is 0.731. The predicted molar refractivity (Wildman–Crippen MR) is 121 cm³/mol. The Morgan fingerprint density at radius 1 is 0.821 bits per heavy atom. The van der Waals surface area contributed by atoms with Crippen LogP contribution in [0.4, 0.5) is 0 Å². The van der Waals surface area contributed by atoms with Crippen molar-refractivity contribution in [3.8, 4) is 0 Å². The van der Waals surface area contributed by atoms with Crippen LogP contribution in [0, 0.1) is 13.8 Å². The fourth-order valence-corrected chi connectivity index (χ4v) is 4.35. The first-order valence-corrected chi connectivity index (χ1v) is 11.8. The molecule has 1 aromatic carbocycles. The van der Waals surface area contributed by atoms with Crippen LogP contribution < -0.4 is 0 Å². The minimum atomic E-state index is -0.657. The molecular weight excluding hydrogens is 344 g/mol. The highest BCUT2D eigenvalue weighted by Gasteiger charge is 2.12. The first kappa shape index (κ1) is 24.7. The first-order chi connectivity index (χ1) is 13.5. The van der Waals surface area contributed by atoms with Crippen LogP contribution in [0.25, 0.3) is 0 Å². The normalized spacial score (nSPS) is 12.2. The molecule has 0 aromatic heterocycles. The zero-order valence-corrected chi connectivity index (χ0v) is 18.8. The molecule has 0 amide bonds. The van der Waals surface area contributed by atoms with Gasteiger partial charge in [-0.3, -0.25) is 4.79 Å². The van der Waals surface area contributed by atoms with E-state index in [4.69, 9.17) is 5.11 Å². The van der Waals surface area contributed by atoms with Gasteiger partial charge in [-0.25, -0.2) is 0 Å². The Morgan fingerprint density at radius 2 is 1.36 bits per heavy atom. The molecule has 0 bridgehead atoms. The molecule has 2 nitrogen and oxygen atoms in total. The van der Waals surface area contributed by atoms with E-state index < -0.39 is 5.97 Å². The zero-order chi connectivity index (χ0) is 20.6. The Labute approximate surface area is 174 Å². The molecule has 0 saturated heterocycles. The molecule has 0 aliphatic carbocycles. The monoisotopic (exact) mass is 388 g/mol. The molecule has 0 saturated carbocycles. The van der Waals surface area contributed by atoms with Crippen molar-refractivity contribution in [2.45, 2.75) is 123 Å². The summed E-state index contributed by atoms with van der Waals surface area (Å²) >= 11 is 0. The number of hydrogen-bond donors (Lipinski definition) is 1. The van der Waals surface area contributed by atoms with Crippen LogP contribution in [0.15, 0.2) is 18.2 Å². The topological polar surface area (TPSA) is 37.3 Å². The van der Waals surface area contributed by atoms with Crippen LogP contribution in [-0.2, 0) is 4.79 Å². The van der Waals surface area contributed by atoms with Gasteiger partial charge in [0.15, 0.2) is 0 Å². The summed E-state index contributed by atoms with van der Waals surface area (Å²) < 4.78 is 0. The van der Waals surface area contributed by atoms with E-state index in [-0.39, 0.29) is 0 Å². The van der Waals surface area contributed by atoms with Gasteiger partial charge in [0.1, 0.15) is 0 Å². The summed E-state index contributed by atoms with van der Waals surface area (Å²) in [5, 5.41) is 8.61. The number of carbonyl (C=O) groups is 1. The van der Waals surface area contributed by atoms with Gasteiger partial charge >= 0.3 is 5.97 Å². The van der Waals surface area contributed by atoms with Gasteiger partial charge in [0, 0.05) is 6.42 Å². The van der Waals surface area contributed by atoms with E-state index in [2.05, 4.69) is 39.0 Å². The summed E-state index contributed by atoms with van der Waals surface area (Å²) in [7, 11) is 0. The molecule has 1 atom stereocenters. The van der Waals surface area contributed by atoms with E-state index in [0.717, 1.165) is 18.8 Å². The van der Waals surface area contributed by atoms with E-state index in [9.17, 15) is 4.79 Å². The number of benzene rings is 1. The van der Waals surface area contributed by atoms with Gasteiger partial charge < -0.3 is 5.11 Å². The van der Waals surface area contributed by atoms with E-state index in [0.29, 0.717) is 6.42 Å². The minimum absolute atomic E-state index is 0.336. The van der Waals surface area contributed by atoms with Crippen molar-refractivity contribution < 1.29 is 9.90 Å². The van der Waals surface area contributed by atoms with Gasteiger partial charge in [-0.15, -0.1) is 0 Å². The summed E-state index contributed by atoms with van der Waals surface area (Å²) in [5.74, 6) is 0.0849. The van der Waals surface area contributed by atoms with Crippen LogP contribution >= 0.6 is 0 Å². The molecule has 0 heterocycles. The maximum Gasteiger partial charge on any atom is 0.303 e. The van der Waals surface area contributed by atoms with Crippen molar-refractivity contribution in [1.29, 1.82) is 0 Å². The Hall–Kier alpha value is -1.31. The van der Waals surface area contributed by atoms with Crippen molar-refractivity contribution in [2.24, 2.45) is 0 Å². The number of hydrogen-bond acceptors (Lipinski definition) is 1. The molecule has 160 valence electrons. The molecule has 28 heavy (non-hydrogen) atoms.